The quantitative estimate of drug-likeness (QED) is 0.355. The molecule has 2 aliphatic heterocycles. The summed E-state index contributed by atoms with van der Waals surface area (Å²) in [5.41, 5.74) is 3.28. The molecule has 0 amide bonds. The Morgan fingerprint density at radius 2 is 1.89 bits per heavy atom. The molecule has 0 saturated heterocycles. The van der Waals surface area contributed by atoms with Crippen molar-refractivity contribution in [1.82, 2.24) is 5.01 Å². The zero-order valence-corrected chi connectivity index (χ0v) is 18.6. The van der Waals surface area contributed by atoms with Crippen LogP contribution in [0, 0.1) is 0 Å². The number of nitrogens with zero attached hydrogens (tertiary/aromatic N) is 2. The number of ether oxygens (including phenoxy) is 1. The van der Waals surface area contributed by atoms with Crippen LogP contribution in [0.5, 0.6) is 5.75 Å². The summed E-state index contributed by atoms with van der Waals surface area (Å²) in [5, 5.41) is 7.77. The van der Waals surface area contributed by atoms with Crippen LogP contribution in [0.3, 0.4) is 0 Å². The van der Waals surface area contributed by atoms with Crippen LogP contribution in [-0.4, -0.2) is 10.7 Å². The third-order valence-corrected chi connectivity index (χ3v) is 7.18. The highest BCUT2D eigenvalue weighted by atomic mass is 79.9. The van der Waals surface area contributed by atoms with Gasteiger partial charge in [-0.3, -0.25) is 0 Å². The molecule has 0 N–H and O–H groups in total. The van der Waals surface area contributed by atoms with Gasteiger partial charge in [0.2, 0.25) is 6.23 Å². The van der Waals surface area contributed by atoms with Gasteiger partial charge in [0.1, 0.15) is 5.75 Å². The highest BCUT2D eigenvalue weighted by Gasteiger charge is 2.41. The molecule has 2 aliphatic rings. The number of rotatable bonds is 2. The highest BCUT2D eigenvalue weighted by molar-refractivity contribution is 9.11. The molecule has 5 rings (SSSR count). The van der Waals surface area contributed by atoms with Gasteiger partial charge in [0.05, 0.1) is 20.4 Å². The largest absolute Gasteiger partial charge is 0.464 e. The predicted octanol–water partition coefficient (Wildman–Crippen LogP) is 7.17. The Labute approximate surface area is 182 Å². The lowest BCUT2D eigenvalue weighted by Crippen LogP contribution is -2.33. The molecule has 0 bridgehead atoms. The van der Waals surface area contributed by atoms with Crippen LogP contribution in [0.2, 0.25) is 5.02 Å². The first-order valence-electron chi connectivity index (χ1n) is 8.41. The standard InChI is InChI=1S/C20H13Br2ClN2OS/c21-12-3-6-17-14(9-12)16-10-15(18-7-8-19(22)27-18)24-25(16)20(26-17)11-1-4-13(23)5-2-11/h1-9,16,20H,10H2/t16-,20+/m0/s1. The molecule has 0 fully saturated rings. The van der Waals surface area contributed by atoms with E-state index in [9.17, 15) is 0 Å². The van der Waals surface area contributed by atoms with Crippen LogP contribution in [0.15, 0.2) is 68.0 Å². The van der Waals surface area contributed by atoms with E-state index in [4.69, 9.17) is 21.4 Å². The summed E-state index contributed by atoms with van der Waals surface area (Å²) in [6.07, 6.45) is 0.575. The Kier molecular flexibility index (Phi) is 4.55. The van der Waals surface area contributed by atoms with Crippen LogP contribution in [-0.2, 0) is 0 Å². The molecule has 3 aromatic rings. The second kappa shape index (κ2) is 6.92. The maximum absolute atomic E-state index is 6.37. The zero-order valence-electron chi connectivity index (χ0n) is 13.9. The van der Waals surface area contributed by atoms with Crippen molar-refractivity contribution in [3.05, 3.63) is 83.9 Å². The Balaban J connectivity index is 1.60. The van der Waals surface area contributed by atoms with Gasteiger partial charge < -0.3 is 4.74 Å². The highest BCUT2D eigenvalue weighted by Crippen LogP contribution is 2.48. The van der Waals surface area contributed by atoms with Gasteiger partial charge in [-0.2, -0.15) is 5.10 Å². The number of hydrogen-bond donors (Lipinski definition) is 0. The van der Waals surface area contributed by atoms with E-state index < -0.39 is 0 Å². The van der Waals surface area contributed by atoms with Gasteiger partial charge in [0, 0.05) is 27.0 Å². The van der Waals surface area contributed by atoms with Crippen LogP contribution in [0.1, 0.15) is 34.7 Å². The maximum Gasteiger partial charge on any atom is 0.213 e. The Bertz CT molecular complexity index is 1050. The minimum absolute atomic E-state index is 0.141. The first kappa shape index (κ1) is 17.7. The lowest BCUT2D eigenvalue weighted by atomic mass is 9.98. The molecule has 0 unspecified atom stereocenters. The van der Waals surface area contributed by atoms with Gasteiger partial charge in [0.25, 0.3) is 0 Å². The van der Waals surface area contributed by atoms with E-state index in [1.807, 2.05) is 36.4 Å². The van der Waals surface area contributed by atoms with Crippen LogP contribution in [0.4, 0.5) is 0 Å². The third-order valence-electron chi connectivity index (χ3n) is 4.76. The molecule has 136 valence electrons. The van der Waals surface area contributed by atoms with Crippen molar-refractivity contribution in [2.24, 2.45) is 5.10 Å². The average Bonchev–Trinajstić information content (AvgIpc) is 3.28. The lowest BCUT2D eigenvalue weighted by molar-refractivity contribution is -0.0190. The lowest BCUT2D eigenvalue weighted by Gasteiger charge is -2.38. The Morgan fingerprint density at radius 3 is 2.63 bits per heavy atom. The van der Waals surface area contributed by atoms with Crippen molar-refractivity contribution in [1.29, 1.82) is 0 Å². The minimum atomic E-state index is -0.276. The summed E-state index contributed by atoms with van der Waals surface area (Å²) in [6, 6.07) is 18.3. The molecule has 7 heteroatoms. The van der Waals surface area contributed by atoms with Crippen molar-refractivity contribution < 1.29 is 4.74 Å². The second-order valence-electron chi connectivity index (χ2n) is 6.45. The van der Waals surface area contributed by atoms with E-state index in [1.54, 1.807) is 11.3 Å². The van der Waals surface area contributed by atoms with E-state index in [0.29, 0.717) is 5.02 Å². The topological polar surface area (TPSA) is 24.8 Å². The zero-order chi connectivity index (χ0) is 18.5. The van der Waals surface area contributed by atoms with Crippen LogP contribution < -0.4 is 4.74 Å². The summed E-state index contributed by atoms with van der Waals surface area (Å²) in [6.45, 7) is 0. The SMILES string of the molecule is Clc1ccc([C@H]2Oc3ccc(Br)cc3[C@@H]3CC(c4ccc(Br)s4)=NN23)cc1. The van der Waals surface area contributed by atoms with Gasteiger partial charge in [-0.05, 0) is 58.4 Å². The van der Waals surface area contributed by atoms with Crippen molar-refractivity contribution in [2.75, 3.05) is 0 Å². The Hall–Kier alpha value is -1.34. The van der Waals surface area contributed by atoms with Crippen molar-refractivity contribution in [2.45, 2.75) is 18.7 Å². The first-order valence-corrected chi connectivity index (χ1v) is 11.2. The molecule has 1 aromatic heterocycles. The summed E-state index contributed by atoms with van der Waals surface area (Å²) in [4.78, 5) is 1.18. The number of fused-ring (bicyclic) bond motifs is 3. The van der Waals surface area contributed by atoms with Crippen molar-refractivity contribution in [3.8, 4) is 5.75 Å². The summed E-state index contributed by atoms with van der Waals surface area (Å²) < 4.78 is 8.52. The summed E-state index contributed by atoms with van der Waals surface area (Å²) >= 11 is 14.9. The third kappa shape index (κ3) is 3.23. The molecule has 3 nitrogen and oxygen atoms in total. The molecule has 0 saturated carbocycles. The number of hydrazone groups is 1. The van der Waals surface area contributed by atoms with Crippen LogP contribution >= 0.6 is 54.8 Å². The van der Waals surface area contributed by atoms with Crippen LogP contribution in [0.25, 0.3) is 0 Å². The van der Waals surface area contributed by atoms with E-state index in [1.165, 1.54) is 4.88 Å². The fraction of sp³-hybridized carbons (Fsp3) is 0.150. The second-order valence-corrected chi connectivity index (χ2v) is 10.3. The number of halogens is 3. The summed E-state index contributed by atoms with van der Waals surface area (Å²) in [7, 11) is 0. The number of benzene rings is 2. The first-order chi connectivity index (χ1) is 13.1. The van der Waals surface area contributed by atoms with Gasteiger partial charge in [-0.25, -0.2) is 5.01 Å². The molecule has 0 radical (unpaired) electrons. The molecule has 2 aromatic carbocycles. The molecule has 27 heavy (non-hydrogen) atoms. The Morgan fingerprint density at radius 1 is 1.07 bits per heavy atom. The smallest absolute Gasteiger partial charge is 0.213 e. The van der Waals surface area contributed by atoms with E-state index in [0.717, 1.165) is 37.3 Å². The van der Waals surface area contributed by atoms with Crippen molar-refractivity contribution in [3.63, 3.8) is 0 Å². The van der Waals surface area contributed by atoms with Crippen molar-refractivity contribution >= 4 is 60.5 Å². The molecular formula is C20H13Br2ClN2OS. The predicted molar refractivity (Wildman–Crippen MR) is 117 cm³/mol. The molecule has 3 heterocycles. The molecule has 2 atom stereocenters. The van der Waals surface area contributed by atoms with E-state index in [2.05, 4.69) is 55.1 Å². The normalized spacial score (nSPS) is 20.7. The molecule has 0 aliphatic carbocycles. The average molecular weight is 525 g/mol. The van der Waals surface area contributed by atoms with Gasteiger partial charge in [-0.15, -0.1) is 11.3 Å². The fourth-order valence-corrected chi connectivity index (χ4v) is 5.41. The fourth-order valence-electron chi connectivity index (χ4n) is 3.52. The van der Waals surface area contributed by atoms with Gasteiger partial charge in [0.15, 0.2) is 0 Å². The molecule has 0 spiro atoms. The number of hydrogen-bond acceptors (Lipinski definition) is 4. The van der Waals surface area contributed by atoms with Gasteiger partial charge >= 0.3 is 0 Å². The maximum atomic E-state index is 6.37. The molecular weight excluding hydrogens is 512 g/mol. The van der Waals surface area contributed by atoms with E-state index >= 15 is 0 Å². The van der Waals surface area contributed by atoms with Gasteiger partial charge in [-0.1, -0.05) is 39.7 Å². The monoisotopic (exact) mass is 522 g/mol. The summed E-state index contributed by atoms with van der Waals surface area (Å²) in [5.74, 6) is 0.906. The van der Waals surface area contributed by atoms with E-state index in [-0.39, 0.29) is 12.3 Å². The number of thiophene rings is 1. The minimum Gasteiger partial charge on any atom is -0.464 e.